The SMILES string of the molecule is CCC(NS(=O)(=O)c1ccc(NC(C)=O)cc1)c1ccc(C(C)C)cc1. The van der Waals surface area contributed by atoms with E-state index < -0.39 is 10.0 Å². The lowest BCUT2D eigenvalue weighted by molar-refractivity contribution is -0.114. The Hall–Kier alpha value is -2.18. The molecule has 2 aromatic rings. The second-order valence-corrected chi connectivity index (χ2v) is 8.32. The molecule has 0 bridgehead atoms. The minimum absolute atomic E-state index is 0.170. The molecule has 1 unspecified atom stereocenters. The molecule has 6 heteroatoms. The Morgan fingerprint density at radius 1 is 0.962 bits per heavy atom. The van der Waals surface area contributed by atoms with Crippen molar-refractivity contribution in [3.63, 3.8) is 0 Å². The number of sulfonamides is 1. The molecular weight excluding hydrogens is 348 g/mol. The fourth-order valence-corrected chi connectivity index (χ4v) is 3.98. The molecule has 5 nitrogen and oxygen atoms in total. The van der Waals surface area contributed by atoms with Crippen LogP contribution in [-0.4, -0.2) is 14.3 Å². The molecule has 0 heterocycles. The highest BCUT2D eigenvalue weighted by atomic mass is 32.2. The molecule has 0 aliphatic heterocycles. The fraction of sp³-hybridized carbons (Fsp3) is 0.350. The first kappa shape index (κ1) is 20.1. The maximum atomic E-state index is 12.7. The average Bonchev–Trinajstić information content (AvgIpc) is 2.60. The third-order valence-electron chi connectivity index (χ3n) is 4.20. The summed E-state index contributed by atoms with van der Waals surface area (Å²) in [5, 5.41) is 2.62. The molecule has 2 aromatic carbocycles. The smallest absolute Gasteiger partial charge is 0.241 e. The van der Waals surface area contributed by atoms with Gasteiger partial charge in [0.2, 0.25) is 15.9 Å². The predicted molar refractivity (Wildman–Crippen MR) is 105 cm³/mol. The largest absolute Gasteiger partial charge is 0.326 e. The zero-order valence-electron chi connectivity index (χ0n) is 15.6. The van der Waals surface area contributed by atoms with Gasteiger partial charge in [0, 0.05) is 18.7 Å². The number of benzene rings is 2. The van der Waals surface area contributed by atoms with Crippen LogP contribution >= 0.6 is 0 Å². The second kappa shape index (κ2) is 8.47. The van der Waals surface area contributed by atoms with Crippen LogP contribution in [0.4, 0.5) is 5.69 Å². The van der Waals surface area contributed by atoms with E-state index >= 15 is 0 Å². The number of hydrogen-bond donors (Lipinski definition) is 2. The van der Waals surface area contributed by atoms with Crippen molar-refractivity contribution in [1.82, 2.24) is 4.72 Å². The molecular formula is C20H26N2O3S. The Labute approximate surface area is 155 Å². The van der Waals surface area contributed by atoms with Crippen LogP contribution in [0.15, 0.2) is 53.4 Å². The summed E-state index contributed by atoms with van der Waals surface area (Å²) in [6, 6.07) is 13.9. The molecule has 0 spiro atoms. The van der Waals surface area contributed by atoms with Crippen molar-refractivity contribution in [2.45, 2.75) is 51.0 Å². The van der Waals surface area contributed by atoms with Crippen molar-refractivity contribution >= 4 is 21.6 Å². The van der Waals surface area contributed by atoms with Gasteiger partial charge in [-0.25, -0.2) is 13.1 Å². The normalized spacial score (nSPS) is 12.8. The van der Waals surface area contributed by atoms with E-state index in [0.717, 1.165) is 5.56 Å². The summed E-state index contributed by atoms with van der Waals surface area (Å²) in [6.07, 6.45) is 0.643. The molecule has 0 fully saturated rings. The van der Waals surface area contributed by atoms with Gasteiger partial charge in [0.1, 0.15) is 0 Å². The van der Waals surface area contributed by atoms with Gasteiger partial charge in [-0.05, 0) is 47.7 Å². The Bertz CT molecular complexity index is 842. The molecule has 0 aromatic heterocycles. The lowest BCUT2D eigenvalue weighted by Gasteiger charge is -2.18. The van der Waals surface area contributed by atoms with Gasteiger partial charge >= 0.3 is 0 Å². The zero-order valence-corrected chi connectivity index (χ0v) is 16.4. The van der Waals surface area contributed by atoms with E-state index in [1.807, 2.05) is 31.2 Å². The van der Waals surface area contributed by atoms with Crippen LogP contribution in [0.5, 0.6) is 0 Å². The molecule has 26 heavy (non-hydrogen) atoms. The lowest BCUT2D eigenvalue weighted by Crippen LogP contribution is -2.28. The number of anilines is 1. The minimum atomic E-state index is -3.65. The van der Waals surface area contributed by atoms with E-state index in [1.165, 1.54) is 24.6 Å². The van der Waals surface area contributed by atoms with Crippen LogP contribution in [-0.2, 0) is 14.8 Å². The highest BCUT2D eigenvalue weighted by Crippen LogP contribution is 2.23. The van der Waals surface area contributed by atoms with Gasteiger partial charge in [0.15, 0.2) is 0 Å². The van der Waals surface area contributed by atoms with Gasteiger partial charge < -0.3 is 5.32 Å². The number of hydrogen-bond acceptors (Lipinski definition) is 3. The van der Waals surface area contributed by atoms with Crippen LogP contribution in [0.1, 0.15) is 57.2 Å². The Kier molecular flexibility index (Phi) is 6.56. The van der Waals surface area contributed by atoms with E-state index in [9.17, 15) is 13.2 Å². The standard InChI is InChI=1S/C20H26N2O3S/c1-5-20(17-8-6-16(7-9-17)14(2)3)22-26(24,25)19-12-10-18(11-13-19)21-15(4)23/h6-14,20,22H,5H2,1-4H3,(H,21,23). The summed E-state index contributed by atoms with van der Waals surface area (Å²) in [5.41, 5.74) is 2.73. The zero-order chi connectivity index (χ0) is 19.3. The summed E-state index contributed by atoms with van der Waals surface area (Å²) in [7, 11) is -3.65. The molecule has 0 saturated carbocycles. The average molecular weight is 375 g/mol. The van der Waals surface area contributed by atoms with Gasteiger partial charge in [-0.15, -0.1) is 0 Å². The van der Waals surface area contributed by atoms with Gasteiger partial charge in [-0.1, -0.05) is 45.0 Å². The van der Waals surface area contributed by atoms with Gasteiger partial charge in [-0.3, -0.25) is 4.79 Å². The van der Waals surface area contributed by atoms with Crippen LogP contribution in [0.25, 0.3) is 0 Å². The fourth-order valence-electron chi connectivity index (χ4n) is 2.68. The van der Waals surface area contributed by atoms with Crippen LogP contribution < -0.4 is 10.0 Å². The van der Waals surface area contributed by atoms with E-state index in [1.54, 1.807) is 12.1 Å². The lowest BCUT2D eigenvalue weighted by atomic mass is 9.98. The molecule has 140 valence electrons. The summed E-state index contributed by atoms with van der Waals surface area (Å²) in [5.74, 6) is 0.234. The van der Waals surface area contributed by atoms with Gasteiger partial charge in [0.05, 0.1) is 4.90 Å². The van der Waals surface area contributed by atoms with Gasteiger partial charge in [-0.2, -0.15) is 0 Å². The molecule has 1 amide bonds. The summed E-state index contributed by atoms with van der Waals surface area (Å²) >= 11 is 0. The number of carbonyl (C=O) groups excluding carboxylic acids is 1. The van der Waals surface area contributed by atoms with E-state index in [0.29, 0.717) is 18.0 Å². The Balaban J connectivity index is 2.18. The quantitative estimate of drug-likeness (QED) is 0.763. The minimum Gasteiger partial charge on any atom is -0.326 e. The maximum absolute atomic E-state index is 12.7. The molecule has 1 atom stereocenters. The number of amides is 1. The molecule has 0 aliphatic rings. The van der Waals surface area contributed by atoms with E-state index in [-0.39, 0.29) is 16.8 Å². The summed E-state index contributed by atoms with van der Waals surface area (Å²) < 4.78 is 28.1. The topological polar surface area (TPSA) is 75.3 Å². The third kappa shape index (κ3) is 5.16. The second-order valence-electron chi connectivity index (χ2n) is 6.61. The summed E-state index contributed by atoms with van der Waals surface area (Å²) in [4.78, 5) is 11.2. The number of rotatable bonds is 7. The first-order chi connectivity index (χ1) is 12.2. The first-order valence-electron chi connectivity index (χ1n) is 8.72. The number of nitrogens with one attached hydrogen (secondary N) is 2. The van der Waals surface area contributed by atoms with Crippen LogP contribution in [0.3, 0.4) is 0 Å². The molecule has 2 rings (SSSR count). The monoisotopic (exact) mass is 374 g/mol. The third-order valence-corrected chi connectivity index (χ3v) is 5.68. The predicted octanol–water partition coefficient (Wildman–Crippen LogP) is 4.20. The van der Waals surface area contributed by atoms with Crippen molar-refractivity contribution < 1.29 is 13.2 Å². The van der Waals surface area contributed by atoms with Crippen molar-refractivity contribution in [2.24, 2.45) is 0 Å². The molecule has 0 saturated heterocycles. The van der Waals surface area contributed by atoms with Crippen molar-refractivity contribution in [3.8, 4) is 0 Å². The number of carbonyl (C=O) groups is 1. The van der Waals surface area contributed by atoms with Crippen LogP contribution in [0.2, 0.25) is 0 Å². The first-order valence-corrected chi connectivity index (χ1v) is 10.2. The van der Waals surface area contributed by atoms with Gasteiger partial charge in [0.25, 0.3) is 0 Å². The highest BCUT2D eigenvalue weighted by Gasteiger charge is 2.20. The summed E-state index contributed by atoms with van der Waals surface area (Å²) in [6.45, 7) is 7.60. The van der Waals surface area contributed by atoms with E-state index in [4.69, 9.17) is 0 Å². The van der Waals surface area contributed by atoms with Crippen molar-refractivity contribution in [2.75, 3.05) is 5.32 Å². The van der Waals surface area contributed by atoms with Crippen molar-refractivity contribution in [1.29, 1.82) is 0 Å². The maximum Gasteiger partial charge on any atom is 0.241 e. The molecule has 0 radical (unpaired) electrons. The Morgan fingerprint density at radius 2 is 1.50 bits per heavy atom. The molecule has 2 N–H and O–H groups in total. The highest BCUT2D eigenvalue weighted by molar-refractivity contribution is 7.89. The van der Waals surface area contributed by atoms with Crippen molar-refractivity contribution in [3.05, 3.63) is 59.7 Å². The van der Waals surface area contributed by atoms with E-state index in [2.05, 4.69) is 23.9 Å². The Morgan fingerprint density at radius 3 is 1.96 bits per heavy atom. The van der Waals surface area contributed by atoms with Crippen LogP contribution in [0, 0.1) is 0 Å². The molecule has 0 aliphatic carbocycles.